The van der Waals surface area contributed by atoms with Crippen molar-refractivity contribution in [1.29, 1.82) is 0 Å². The van der Waals surface area contributed by atoms with Gasteiger partial charge in [0.25, 0.3) is 0 Å². The highest BCUT2D eigenvalue weighted by Gasteiger charge is 2.33. The van der Waals surface area contributed by atoms with Gasteiger partial charge in [-0.25, -0.2) is 0 Å². The molecule has 1 fully saturated rings. The highest BCUT2D eigenvalue weighted by atomic mass is 28.2. The van der Waals surface area contributed by atoms with E-state index in [1.807, 2.05) is 0 Å². The predicted molar refractivity (Wildman–Crippen MR) is 167 cm³/mol. The van der Waals surface area contributed by atoms with Gasteiger partial charge in [0.05, 0.1) is 0 Å². The molecule has 4 heteroatoms. The SMILES string of the molecule is CC(C)(C)c1ccc(C(CCCC#CCCCCCCCCCOC2CCCCO2)(O[Si])c2ccccc2)cc1. The minimum absolute atomic E-state index is 0.0599. The van der Waals surface area contributed by atoms with Crippen LogP contribution in [0.15, 0.2) is 54.6 Å². The zero-order valence-electron chi connectivity index (χ0n) is 25.3. The van der Waals surface area contributed by atoms with Gasteiger partial charge < -0.3 is 13.9 Å². The van der Waals surface area contributed by atoms with Gasteiger partial charge in [-0.2, -0.15) is 0 Å². The third-order valence-corrected chi connectivity index (χ3v) is 8.32. The Morgan fingerprint density at radius 2 is 1.35 bits per heavy atom. The monoisotopic (exact) mass is 559 g/mol. The average molecular weight is 560 g/mol. The van der Waals surface area contributed by atoms with Gasteiger partial charge in [-0.1, -0.05) is 107 Å². The maximum atomic E-state index is 6.12. The summed E-state index contributed by atoms with van der Waals surface area (Å²) in [5.41, 5.74) is 3.24. The van der Waals surface area contributed by atoms with E-state index in [9.17, 15) is 0 Å². The smallest absolute Gasteiger partial charge is 0.248 e. The Bertz CT molecular complexity index is 996. The maximum Gasteiger partial charge on any atom is 0.248 e. The summed E-state index contributed by atoms with van der Waals surface area (Å²) in [6.07, 6.45) is 16.1. The fraction of sp³-hybridized carbons (Fsp3) is 0.611. The topological polar surface area (TPSA) is 27.7 Å². The van der Waals surface area contributed by atoms with E-state index in [0.29, 0.717) is 0 Å². The van der Waals surface area contributed by atoms with Crippen LogP contribution in [-0.4, -0.2) is 30.0 Å². The Morgan fingerprint density at radius 3 is 1.98 bits per heavy atom. The fourth-order valence-electron chi connectivity index (χ4n) is 5.43. The summed E-state index contributed by atoms with van der Waals surface area (Å²) in [5.74, 6) is 6.83. The van der Waals surface area contributed by atoms with Crippen molar-refractivity contribution in [2.75, 3.05) is 13.2 Å². The first-order valence-corrected chi connectivity index (χ1v) is 16.1. The molecule has 40 heavy (non-hydrogen) atoms. The summed E-state index contributed by atoms with van der Waals surface area (Å²) in [4.78, 5) is 0. The van der Waals surface area contributed by atoms with Crippen LogP contribution < -0.4 is 0 Å². The molecule has 1 aliphatic heterocycles. The van der Waals surface area contributed by atoms with Crippen LogP contribution in [0.1, 0.15) is 127 Å². The number of unbranched alkanes of at least 4 members (excludes halogenated alkanes) is 8. The van der Waals surface area contributed by atoms with Gasteiger partial charge in [0.15, 0.2) is 6.29 Å². The van der Waals surface area contributed by atoms with E-state index in [-0.39, 0.29) is 11.7 Å². The third kappa shape index (κ3) is 10.8. The summed E-state index contributed by atoms with van der Waals surface area (Å²) in [7, 11) is 3.47. The van der Waals surface area contributed by atoms with Crippen molar-refractivity contribution >= 4 is 10.5 Å². The van der Waals surface area contributed by atoms with Gasteiger partial charge in [-0.15, -0.1) is 11.8 Å². The number of rotatable bonds is 16. The van der Waals surface area contributed by atoms with Crippen molar-refractivity contribution in [2.24, 2.45) is 0 Å². The van der Waals surface area contributed by atoms with Crippen molar-refractivity contribution in [3.63, 3.8) is 0 Å². The van der Waals surface area contributed by atoms with Crippen LogP contribution >= 0.6 is 0 Å². The summed E-state index contributed by atoms with van der Waals surface area (Å²) >= 11 is 0. The highest BCUT2D eigenvalue weighted by Crippen LogP contribution is 2.38. The minimum Gasteiger partial charge on any atom is -0.405 e. The highest BCUT2D eigenvalue weighted by molar-refractivity contribution is 5.98. The van der Waals surface area contributed by atoms with E-state index in [4.69, 9.17) is 13.9 Å². The van der Waals surface area contributed by atoms with E-state index in [1.165, 1.54) is 62.5 Å². The summed E-state index contributed by atoms with van der Waals surface area (Å²) in [6.45, 7) is 8.45. The van der Waals surface area contributed by atoms with Crippen LogP contribution in [0.4, 0.5) is 0 Å². The Kier molecular flexibility index (Phi) is 14.5. The predicted octanol–water partition coefficient (Wildman–Crippen LogP) is 9.17. The molecule has 2 aromatic carbocycles. The largest absolute Gasteiger partial charge is 0.405 e. The molecule has 2 unspecified atom stereocenters. The quantitative estimate of drug-likeness (QED) is 0.117. The summed E-state index contributed by atoms with van der Waals surface area (Å²) in [5, 5.41) is 0. The molecule has 2 atom stereocenters. The zero-order chi connectivity index (χ0) is 28.5. The summed E-state index contributed by atoms with van der Waals surface area (Å²) < 4.78 is 17.6. The Hall–Kier alpha value is -1.90. The molecular formula is C36H51O3Si. The van der Waals surface area contributed by atoms with E-state index in [2.05, 4.69) is 97.7 Å². The van der Waals surface area contributed by atoms with Crippen LogP contribution in [0, 0.1) is 11.8 Å². The van der Waals surface area contributed by atoms with Crippen LogP contribution in [0.25, 0.3) is 0 Å². The first-order valence-electron chi connectivity index (χ1n) is 15.7. The maximum absolute atomic E-state index is 6.12. The molecule has 0 amide bonds. The van der Waals surface area contributed by atoms with Gasteiger partial charge in [-0.3, -0.25) is 0 Å². The molecule has 0 bridgehead atoms. The second-order valence-corrected chi connectivity index (χ2v) is 12.4. The fourth-order valence-corrected chi connectivity index (χ4v) is 5.77. The van der Waals surface area contributed by atoms with Gasteiger partial charge >= 0.3 is 0 Å². The van der Waals surface area contributed by atoms with Crippen molar-refractivity contribution in [1.82, 2.24) is 0 Å². The van der Waals surface area contributed by atoms with Gasteiger partial charge in [-0.05, 0) is 67.1 Å². The molecular weight excluding hydrogens is 508 g/mol. The summed E-state index contributed by atoms with van der Waals surface area (Å²) in [6, 6.07) is 19.5. The van der Waals surface area contributed by atoms with Gasteiger partial charge in [0.2, 0.25) is 10.5 Å². The Labute approximate surface area is 248 Å². The first-order chi connectivity index (χ1) is 19.5. The lowest BCUT2D eigenvalue weighted by atomic mass is 9.80. The molecule has 3 radical (unpaired) electrons. The second kappa shape index (κ2) is 17.8. The van der Waals surface area contributed by atoms with E-state index in [0.717, 1.165) is 57.3 Å². The Balaban J connectivity index is 1.33. The molecule has 2 aromatic rings. The van der Waals surface area contributed by atoms with E-state index >= 15 is 0 Å². The first kappa shape index (κ1) is 32.6. The second-order valence-electron chi connectivity index (χ2n) is 12.2. The van der Waals surface area contributed by atoms with Crippen LogP contribution in [0.5, 0.6) is 0 Å². The number of ether oxygens (including phenoxy) is 2. The number of hydrogen-bond donors (Lipinski definition) is 0. The van der Waals surface area contributed by atoms with Gasteiger partial charge in [0, 0.05) is 26.1 Å². The molecule has 0 saturated carbocycles. The molecule has 0 aromatic heterocycles. The Morgan fingerprint density at radius 1 is 0.750 bits per heavy atom. The van der Waals surface area contributed by atoms with Crippen molar-refractivity contribution < 1.29 is 13.9 Å². The number of benzene rings is 2. The average Bonchev–Trinajstić information content (AvgIpc) is 2.98. The lowest BCUT2D eigenvalue weighted by molar-refractivity contribution is -0.162. The van der Waals surface area contributed by atoms with Gasteiger partial charge in [0.1, 0.15) is 5.60 Å². The molecule has 3 rings (SSSR count). The molecule has 0 N–H and O–H groups in total. The van der Waals surface area contributed by atoms with Crippen LogP contribution in [0.2, 0.25) is 0 Å². The van der Waals surface area contributed by atoms with Crippen molar-refractivity contribution in [3.8, 4) is 11.8 Å². The standard InChI is InChI=1S/C36H51O3Si/c1-35(2,3)31-24-26-33(27-25-31)36(39-40,32-21-15-14-16-22-32)28-18-12-10-8-6-4-5-7-9-11-13-19-29-37-34-23-17-20-30-38-34/h14-16,21-22,24-27,34H,4-7,9,11-13,17-20,23,28-30H2,1-3H3. The zero-order valence-corrected chi connectivity index (χ0v) is 26.3. The molecule has 0 spiro atoms. The minimum atomic E-state index is -0.536. The van der Waals surface area contributed by atoms with E-state index in [1.54, 1.807) is 0 Å². The molecule has 1 heterocycles. The van der Waals surface area contributed by atoms with Crippen LogP contribution in [-0.2, 0) is 24.9 Å². The van der Waals surface area contributed by atoms with Crippen molar-refractivity contribution in [2.45, 2.75) is 128 Å². The molecule has 217 valence electrons. The molecule has 1 saturated heterocycles. The molecule has 1 aliphatic rings. The van der Waals surface area contributed by atoms with E-state index < -0.39 is 5.60 Å². The van der Waals surface area contributed by atoms with Crippen molar-refractivity contribution in [3.05, 3.63) is 71.3 Å². The molecule has 0 aliphatic carbocycles. The third-order valence-electron chi connectivity index (χ3n) is 7.97. The lowest BCUT2D eigenvalue weighted by Gasteiger charge is -2.35. The normalized spacial score (nSPS) is 17.1. The lowest BCUT2D eigenvalue weighted by Crippen LogP contribution is -2.31. The number of hydrogen-bond acceptors (Lipinski definition) is 3. The molecule has 3 nitrogen and oxygen atoms in total. The van der Waals surface area contributed by atoms with Crippen LogP contribution in [0.3, 0.4) is 0 Å².